The van der Waals surface area contributed by atoms with Gasteiger partial charge in [0.2, 0.25) is 41.4 Å². The largest absolute Gasteiger partial charge is 0.496 e. The van der Waals surface area contributed by atoms with Gasteiger partial charge in [0.1, 0.15) is 60.7 Å². The van der Waals surface area contributed by atoms with Crippen molar-refractivity contribution in [3.8, 4) is 24.0 Å². The molecule has 6 aliphatic rings. The maximum atomic E-state index is 15.6. The summed E-state index contributed by atoms with van der Waals surface area (Å²) in [6.45, 7) is 5.64. The Bertz CT molecular complexity index is 5840. The molecular weight excluding hydrogens is 1920 g/mol. The van der Waals surface area contributed by atoms with Crippen molar-refractivity contribution >= 4 is 172 Å². The smallest absolute Gasteiger partial charge is 0.426 e. The number of benzene rings is 4. The Labute approximate surface area is 824 Å². The molecule has 1 saturated carbocycles. The number of nitrogens with zero attached hydrogens (tertiary/aromatic N) is 6. The number of aromatic nitrogens is 3. The lowest BCUT2D eigenvalue weighted by atomic mass is 9.47. The number of H-pyrrole nitrogens is 1. The van der Waals surface area contributed by atoms with E-state index in [1.54, 1.807) is 42.3 Å². The van der Waals surface area contributed by atoms with Crippen molar-refractivity contribution in [3.63, 3.8) is 0 Å². The number of nitrogens with two attached hydrogens (primary N) is 1. The van der Waals surface area contributed by atoms with Crippen molar-refractivity contribution in [2.24, 2.45) is 11.3 Å². The molecule has 48 heteroatoms. The van der Waals surface area contributed by atoms with Crippen LogP contribution in [0.1, 0.15) is 129 Å². The first-order valence-electron chi connectivity index (χ1n) is 45.4. The molecule has 141 heavy (non-hydrogen) atoms. The Morgan fingerprint density at radius 2 is 1.32 bits per heavy atom. The molecule has 4 aromatic carbocycles. The lowest BCUT2D eigenvalue weighted by Crippen LogP contribution is -2.82. The number of piperidine rings is 1. The number of hydrazine groups is 1. The summed E-state index contributed by atoms with van der Waals surface area (Å²) in [4.78, 5) is 218. The van der Waals surface area contributed by atoms with Gasteiger partial charge in [0, 0.05) is 151 Å². The number of aliphatic hydroxyl groups is 3. The number of terminal acetylenes is 1. The second-order valence-electron chi connectivity index (χ2n) is 35.4. The molecule has 5 unspecified atom stereocenters. The molecule has 15 atom stereocenters. The Morgan fingerprint density at radius 1 is 0.688 bits per heavy atom. The summed E-state index contributed by atoms with van der Waals surface area (Å²) >= 11 is 0. The van der Waals surface area contributed by atoms with E-state index in [4.69, 9.17) is 31.1 Å². The Hall–Kier alpha value is -12.9. The van der Waals surface area contributed by atoms with E-state index in [1.165, 1.54) is 26.4 Å². The van der Waals surface area contributed by atoms with Gasteiger partial charge in [0.05, 0.1) is 62.6 Å². The predicted molar refractivity (Wildman–Crippen MR) is 517 cm³/mol. The van der Waals surface area contributed by atoms with Gasteiger partial charge in [-0.3, -0.25) is 72.8 Å². The van der Waals surface area contributed by atoms with E-state index >= 15 is 9.59 Å². The number of hydrogen-bond acceptors (Lipinski definition) is 34. The summed E-state index contributed by atoms with van der Waals surface area (Å²) in [7, 11) is 9.07. The summed E-state index contributed by atoms with van der Waals surface area (Å²) in [6.07, 6.45) is 3.72. The number of aromatic amines is 1. The fourth-order valence-corrected chi connectivity index (χ4v) is 24.0. The number of fused-ring (bicyclic) bond motifs is 7. The zero-order valence-electron chi connectivity index (χ0n) is 77.7. The molecule has 44 nitrogen and oxygen atoms in total. The summed E-state index contributed by atoms with van der Waals surface area (Å²) < 4.78 is 23.0. The SMILES string of the molecule is C#CCN(Cc1ccc2nc(N)nc(O)c2c1)c1ccc(C(=O)NC(CCC(=O)OCCSSCCC(=O)N[C@@H](CC(=O)O)C(=O)N[C@@H](CC(=O)O)C(=O)N[C@@H](CC(=O)O)C(=O)N[C@@H](CNC(=O)CCSSCCOC(=O)NNC(=O)[C@@]2(O)[C@H](O)C3(CC)C=CCN4CC[C@@]5(c6cc([C@@]7(C(=O)OC)CC8CN(CCc9c7[nH]c7ccccc97)CC(O)(CC)C8)c(OC)cc6N(C)[C@H]25)[C@@H]43)C(=O)O)C(=O)O)cc1. The summed E-state index contributed by atoms with van der Waals surface area (Å²) in [5.74, 6) is -15.0. The third-order valence-electron chi connectivity index (χ3n) is 26.6. The molecule has 8 amide bonds. The number of carboxylic acids is 5. The monoisotopic (exact) mass is 2030 g/mol. The minimum atomic E-state index is -2.70. The number of nitrogens with one attached hydrogen (secondary N) is 9. The van der Waals surface area contributed by atoms with Crippen LogP contribution in [0.3, 0.4) is 0 Å². The topological polar surface area (TPSA) is 652 Å². The van der Waals surface area contributed by atoms with E-state index in [0.717, 1.165) is 65.2 Å². The number of carboxylic acid groups (broad SMARTS) is 5. The predicted octanol–water partition coefficient (Wildman–Crippen LogP) is 2.19. The van der Waals surface area contributed by atoms with Crippen LogP contribution in [0.4, 0.5) is 22.1 Å². The second kappa shape index (κ2) is 46.7. The number of aliphatic carboxylic acids is 5. The number of likely N-dealkylation sites (N-methyl/N-ethyl adjacent to an activating group) is 1. The standard InChI is InChI=1S/C93H114N16O28S4/c1-7-28-109(48-50-15-20-60-56(38-50)76(120)103-87(94)102-60)53-18-16-52(17-19-53)75(119)98-61(80(124)125)21-22-73(118)136-32-36-140-139-35-25-69(111)96-62(40-70(112)113)77(121)99-63(41-71(114)115)78(122)100-64(42-72(116)117)79(123)101-65(81(126)127)46-95-68(110)24-34-138-141-37-33-137-88(131)105-104-85(129)93(133)83-91(27-31-108-29-12-26-90(9-3,82(91)108)84(93)128)57-39-58(67(134-5)43-66(57)106(83)4)92(86(130)135-6)45-51-44-89(132,8-2)49-107(47-51)30-23-55-54-13-10-11-14-59(54)97-74(55)92/h1,10-20,26,38-39,43,51,61-65,82-84,97,128,132-133H,8-9,21-25,27-37,40-42,44-49H2,2-6H3,(H,95,110)(H,96,111)(H,98,119)(H,99,121)(H,100,122)(H,101,123)(H,104,129)(H,105,131)(H,112,113)(H,114,115)(H,116,117)(H,124,125)(H,126,127)(H3,94,102,103,120)/t51?,61?,62-,63-,64-,65-,82-,83-,84+,89?,90?,91+,92-,93-/m0/s1. The number of anilines is 3. The number of ether oxygens (including phenoxy) is 4. The Kier molecular flexibility index (Phi) is 35.4. The molecule has 3 fully saturated rings. The normalized spacial score (nSPS) is 22.9. The molecule has 12 rings (SSSR count). The van der Waals surface area contributed by atoms with Crippen LogP contribution in [-0.2, 0) is 100 Å². The number of nitrogen functional groups attached to an aromatic ring is 1. The van der Waals surface area contributed by atoms with Gasteiger partial charge < -0.3 is 117 Å². The van der Waals surface area contributed by atoms with Gasteiger partial charge in [-0.25, -0.2) is 24.8 Å². The van der Waals surface area contributed by atoms with Gasteiger partial charge in [0.25, 0.3) is 11.8 Å². The molecule has 5 aliphatic heterocycles. The molecule has 1 aliphatic carbocycles. The molecule has 6 aromatic rings. The zero-order valence-corrected chi connectivity index (χ0v) is 81.0. The average Bonchev–Trinajstić information content (AvgIpc) is 1.46. The summed E-state index contributed by atoms with van der Waals surface area (Å²) in [5.41, 5.74) is 8.40. The molecule has 2 aromatic heterocycles. The van der Waals surface area contributed by atoms with Gasteiger partial charge in [0.15, 0.2) is 5.60 Å². The van der Waals surface area contributed by atoms with E-state index in [1.807, 2.05) is 83.2 Å². The number of rotatable bonds is 46. The maximum Gasteiger partial charge on any atom is 0.426 e. The van der Waals surface area contributed by atoms with Crippen LogP contribution < -0.4 is 63.0 Å². The highest BCUT2D eigenvalue weighted by Crippen LogP contribution is 2.68. The highest BCUT2D eigenvalue weighted by atomic mass is 33.1. The first kappa shape index (κ1) is 107. The number of aliphatic hydroxyl groups excluding tert-OH is 1. The number of methoxy groups -OCH3 is 2. The van der Waals surface area contributed by atoms with Crippen LogP contribution in [0.15, 0.2) is 91.0 Å². The summed E-state index contributed by atoms with van der Waals surface area (Å²) in [5, 5.41) is 112. The van der Waals surface area contributed by atoms with Crippen molar-refractivity contribution in [1.29, 1.82) is 0 Å². The molecule has 758 valence electrons. The highest BCUT2D eigenvalue weighted by molar-refractivity contribution is 8.77. The number of para-hydroxylation sites is 1. The number of aromatic hydroxyl groups is 1. The van der Waals surface area contributed by atoms with Crippen molar-refractivity contribution in [1.82, 2.24) is 67.5 Å². The number of amides is 8. The van der Waals surface area contributed by atoms with E-state index in [9.17, 15) is 108 Å². The van der Waals surface area contributed by atoms with Crippen molar-refractivity contribution in [2.75, 3.05) is 119 Å². The molecule has 2 bridgehead atoms. The minimum Gasteiger partial charge on any atom is -0.496 e. The third-order valence-corrected chi connectivity index (χ3v) is 31.4. The van der Waals surface area contributed by atoms with Crippen molar-refractivity contribution < 1.29 is 137 Å². The van der Waals surface area contributed by atoms with E-state index in [2.05, 4.69) is 57.5 Å². The quantitative estimate of drug-likeness (QED) is 0.00495. The lowest BCUT2D eigenvalue weighted by molar-refractivity contribution is -0.204. The molecule has 2 saturated heterocycles. The number of esters is 2. The lowest BCUT2D eigenvalue weighted by Gasteiger charge is -2.63. The fourth-order valence-electron chi connectivity index (χ4n) is 20.4. The van der Waals surface area contributed by atoms with Crippen molar-refractivity contribution in [2.45, 2.75) is 174 Å². The van der Waals surface area contributed by atoms with Crippen LogP contribution in [0.25, 0.3) is 21.8 Å². The van der Waals surface area contributed by atoms with Crippen LogP contribution >= 0.6 is 43.2 Å². The number of hydrogen-bond donors (Lipinski definition) is 19. The zero-order chi connectivity index (χ0) is 102. The van der Waals surface area contributed by atoms with Crippen LogP contribution in [0.2, 0.25) is 0 Å². The van der Waals surface area contributed by atoms with Gasteiger partial charge in [-0.1, -0.05) is 99.4 Å². The third kappa shape index (κ3) is 24.0. The van der Waals surface area contributed by atoms with Gasteiger partial charge >= 0.3 is 47.9 Å². The van der Waals surface area contributed by atoms with Crippen molar-refractivity contribution in [3.05, 3.63) is 125 Å². The van der Waals surface area contributed by atoms with Crippen LogP contribution in [0, 0.1) is 23.7 Å². The van der Waals surface area contributed by atoms with E-state index in [-0.39, 0.29) is 105 Å². The van der Waals surface area contributed by atoms with Gasteiger partial charge in [-0.15, -0.1) is 6.42 Å². The number of carbonyl (C=O) groups is 15. The van der Waals surface area contributed by atoms with E-state index in [0.29, 0.717) is 103 Å². The average molecular weight is 2030 g/mol. The molecule has 20 N–H and O–H groups in total. The van der Waals surface area contributed by atoms with E-state index < -0.39 is 197 Å². The highest BCUT2D eigenvalue weighted by Gasteiger charge is 2.79. The Morgan fingerprint density at radius 3 is 1.94 bits per heavy atom. The summed E-state index contributed by atoms with van der Waals surface area (Å²) in [6, 6.07) is 11.3. The first-order valence-corrected chi connectivity index (χ1v) is 50.4. The minimum absolute atomic E-state index is 0.0144. The molecule has 7 heterocycles. The number of carbonyl (C=O) groups excluding carboxylic acids is 10. The fraction of sp³-hybridized carbons (Fsp3) is 0.495. The van der Waals surface area contributed by atoms with Crippen LogP contribution in [0.5, 0.6) is 11.6 Å². The van der Waals surface area contributed by atoms with Gasteiger partial charge in [-0.2, -0.15) is 4.98 Å². The van der Waals surface area contributed by atoms with Gasteiger partial charge in [-0.05, 0) is 123 Å². The molecule has 1 spiro atoms. The second-order valence-corrected chi connectivity index (χ2v) is 40.8. The molecular formula is C93H114N16O28S4. The van der Waals surface area contributed by atoms with Crippen LogP contribution in [-0.4, -0.2) is 323 Å². The maximum absolute atomic E-state index is 15.6. The molecule has 0 radical (unpaired) electrons. The first-order chi connectivity index (χ1) is 67.2. The Balaban J connectivity index is 0.572.